The van der Waals surface area contributed by atoms with Crippen molar-refractivity contribution in [3.05, 3.63) is 66.2 Å². The Hall–Kier alpha value is -4.12. The van der Waals surface area contributed by atoms with Crippen LogP contribution in [0.4, 0.5) is 5.69 Å². The van der Waals surface area contributed by atoms with Gasteiger partial charge in [0.25, 0.3) is 0 Å². The van der Waals surface area contributed by atoms with Crippen LogP contribution in [0.15, 0.2) is 60.3 Å². The van der Waals surface area contributed by atoms with Crippen molar-refractivity contribution in [3.63, 3.8) is 0 Å². The number of hydrogen-bond acceptors (Lipinski definition) is 9. The van der Waals surface area contributed by atoms with Gasteiger partial charge in [0.2, 0.25) is 5.91 Å². The number of anilines is 1. The number of amides is 1. The number of hydrogen-bond donors (Lipinski definition) is 1. The number of methoxy groups -OCH3 is 3. The minimum Gasteiger partial charge on any atom is -0.497 e. The topological polar surface area (TPSA) is 122 Å². The van der Waals surface area contributed by atoms with Gasteiger partial charge in [-0.3, -0.25) is 9.36 Å². The van der Waals surface area contributed by atoms with Gasteiger partial charge in [0.1, 0.15) is 5.75 Å². The maximum atomic E-state index is 12.7. The summed E-state index contributed by atoms with van der Waals surface area (Å²) in [5.74, 6) is -0.424. The van der Waals surface area contributed by atoms with Crippen molar-refractivity contribution in [2.24, 2.45) is 0 Å². The van der Waals surface area contributed by atoms with Crippen LogP contribution in [0.2, 0.25) is 0 Å². The number of thioether (sulfide) groups is 1. The van der Waals surface area contributed by atoms with Gasteiger partial charge in [0.15, 0.2) is 11.0 Å². The van der Waals surface area contributed by atoms with E-state index in [0.717, 1.165) is 5.56 Å². The predicted octanol–water partition coefficient (Wildman–Crippen LogP) is 3.44. The van der Waals surface area contributed by atoms with Crippen LogP contribution in [0.3, 0.4) is 0 Å². The molecule has 182 valence electrons. The Labute approximate surface area is 206 Å². The van der Waals surface area contributed by atoms with E-state index in [9.17, 15) is 14.4 Å². The lowest BCUT2D eigenvalue weighted by molar-refractivity contribution is -0.113. The van der Waals surface area contributed by atoms with Crippen LogP contribution < -0.4 is 10.1 Å². The third-order valence-corrected chi connectivity index (χ3v) is 5.78. The van der Waals surface area contributed by atoms with E-state index in [1.54, 1.807) is 13.2 Å². The lowest BCUT2D eigenvalue weighted by Crippen LogP contribution is -2.18. The van der Waals surface area contributed by atoms with Crippen LogP contribution in [-0.2, 0) is 20.8 Å². The fourth-order valence-electron chi connectivity index (χ4n) is 3.16. The zero-order valence-corrected chi connectivity index (χ0v) is 20.3. The molecule has 0 unspecified atom stereocenters. The van der Waals surface area contributed by atoms with Crippen LogP contribution in [-0.4, -0.2) is 59.7 Å². The molecule has 0 aliphatic rings. The summed E-state index contributed by atoms with van der Waals surface area (Å²) in [6.45, 7) is 4.22. The third-order valence-electron chi connectivity index (χ3n) is 4.81. The van der Waals surface area contributed by atoms with Gasteiger partial charge in [0, 0.05) is 12.1 Å². The second-order valence-corrected chi connectivity index (χ2v) is 7.96. The highest BCUT2D eigenvalue weighted by molar-refractivity contribution is 7.99. The number of carbonyl (C=O) groups excluding carboxylic acids is 3. The van der Waals surface area contributed by atoms with Gasteiger partial charge in [-0.05, 0) is 30.3 Å². The fraction of sp³-hybridized carbons (Fsp3) is 0.208. The summed E-state index contributed by atoms with van der Waals surface area (Å²) < 4.78 is 16.6. The molecule has 0 saturated heterocycles. The number of rotatable bonds is 10. The summed E-state index contributed by atoms with van der Waals surface area (Å²) in [5, 5.41) is 11.7. The maximum Gasteiger partial charge on any atom is 0.339 e. The minimum absolute atomic E-state index is 0.0313. The standard InChI is InChI=1S/C24H24N4O6S/c1-5-11-28-21(15-7-6-8-17(12-15)32-2)26-27-24(28)35-14-20(29)25-19-13-16(22(30)33-3)9-10-18(19)23(31)34-4/h5-10,12-13H,1,11,14H2,2-4H3,(H,25,29). The molecule has 10 nitrogen and oxygen atoms in total. The first kappa shape index (κ1) is 25.5. The smallest absolute Gasteiger partial charge is 0.339 e. The molecule has 35 heavy (non-hydrogen) atoms. The molecule has 0 fully saturated rings. The molecule has 3 aromatic rings. The normalized spacial score (nSPS) is 10.4. The van der Waals surface area contributed by atoms with Gasteiger partial charge in [-0.25, -0.2) is 9.59 Å². The zero-order chi connectivity index (χ0) is 25.4. The largest absolute Gasteiger partial charge is 0.497 e. The Morgan fingerprint density at radius 3 is 2.51 bits per heavy atom. The first-order valence-corrected chi connectivity index (χ1v) is 11.3. The SMILES string of the molecule is C=CCn1c(SCC(=O)Nc2cc(C(=O)OC)ccc2C(=O)OC)nnc1-c1cccc(OC)c1. The highest BCUT2D eigenvalue weighted by atomic mass is 32.2. The first-order chi connectivity index (χ1) is 16.9. The minimum atomic E-state index is -0.655. The van der Waals surface area contributed by atoms with Crippen LogP contribution in [0.5, 0.6) is 5.75 Å². The summed E-state index contributed by atoms with van der Waals surface area (Å²) >= 11 is 1.17. The summed E-state index contributed by atoms with van der Waals surface area (Å²) in [6.07, 6.45) is 1.71. The molecule has 0 bridgehead atoms. The Bertz CT molecular complexity index is 1260. The number of aromatic nitrogens is 3. The summed E-state index contributed by atoms with van der Waals surface area (Å²) in [6, 6.07) is 11.6. The molecule has 0 atom stereocenters. The van der Waals surface area contributed by atoms with E-state index >= 15 is 0 Å². The van der Waals surface area contributed by atoms with Gasteiger partial charge in [-0.1, -0.05) is 30.0 Å². The number of esters is 2. The molecule has 0 spiro atoms. The molecule has 0 saturated carbocycles. The molecule has 1 heterocycles. The fourth-order valence-corrected chi connectivity index (χ4v) is 3.91. The summed E-state index contributed by atoms with van der Waals surface area (Å²) in [7, 11) is 4.05. The third kappa shape index (κ3) is 6.07. The second-order valence-electron chi connectivity index (χ2n) is 7.02. The van der Waals surface area contributed by atoms with Crippen LogP contribution in [0.1, 0.15) is 20.7 Å². The Morgan fingerprint density at radius 2 is 1.83 bits per heavy atom. The first-order valence-electron chi connectivity index (χ1n) is 10.3. The molecule has 1 amide bonds. The van der Waals surface area contributed by atoms with Gasteiger partial charge in [0.05, 0.1) is 43.9 Å². The Balaban J connectivity index is 1.80. The molecule has 1 N–H and O–H groups in total. The van der Waals surface area contributed by atoms with Crippen molar-refractivity contribution in [1.82, 2.24) is 14.8 Å². The summed E-state index contributed by atoms with van der Waals surface area (Å²) in [4.78, 5) is 36.7. The molecular weight excluding hydrogens is 472 g/mol. The number of ether oxygens (including phenoxy) is 3. The second kappa shape index (κ2) is 11.8. The summed E-state index contributed by atoms with van der Waals surface area (Å²) in [5.41, 5.74) is 1.22. The number of nitrogens with zero attached hydrogens (tertiary/aromatic N) is 3. The van der Waals surface area contributed by atoms with Gasteiger partial charge in [-0.15, -0.1) is 16.8 Å². The van der Waals surface area contributed by atoms with Crippen molar-refractivity contribution in [2.75, 3.05) is 32.4 Å². The molecule has 0 aliphatic carbocycles. The number of carbonyl (C=O) groups is 3. The Kier molecular flexibility index (Phi) is 8.63. The lowest BCUT2D eigenvalue weighted by atomic mass is 10.1. The number of nitrogens with one attached hydrogen (secondary N) is 1. The van der Waals surface area contributed by atoms with Crippen molar-refractivity contribution < 1.29 is 28.6 Å². The van der Waals surface area contributed by atoms with E-state index in [-0.39, 0.29) is 22.6 Å². The van der Waals surface area contributed by atoms with Crippen molar-refractivity contribution in [2.45, 2.75) is 11.7 Å². The van der Waals surface area contributed by atoms with Crippen LogP contribution in [0.25, 0.3) is 11.4 Å². The lowest BCUT2D eigenvalue weighted by Gasteiger charge is -2.12. The van der Waals surface area contributed by atoms with E-state index in [1.165, 1.54) is 44.2 Å². The van der Waals surface area contributed by atoms with E-state index in [4.69, 9.17) is 14.2 Å². The quantitative estimate of drug-likeness (QED) is 0.255. The molecule has 2 aromatic carbocycles. The maximum absolute atomic E-state index is 12.7. The highest BCUT2D eigenvalue weighted by Gasteiger charge is 2.19. The monoisotopic (exact) mass is 496 g/mol. The average Bonchev–Trinajstić information content (AvgIpc) is 3.29. The van der Waals surface area contributed by atoms with Crippen molar-refractivity contribution >= 4 is 35.3 Å². The predicted molar refractivity (Wildman–Crippen MR) is 131 cm³/mol. The molecular formula is C24H24N4O6S. The molecule has 1 aromatic heterocycles. The number of allylic oxidation sites excluding steroid dienone is 1. The molecule has 3 rings (SSSR count). The van der Waals surface area contributed by atoms with Gasteiger partial charge < -0.3 is 19.5 Å². The number of benzene rings is 2. The zero-order valence-electron chi connectivity index (χ0n) is 19.4. The molecule has 0 radical (unpaired) electrons. The van der Waals surface area contributed by atoms with E-state index < -0.39 is 17.8 Å². The highest BCUT2D eigenvalue weighted by Crippen LogP contribution is 2.27. The van der Waals surface area contributed by atoms with Crippen molar-refractivity contribution in [1.29, 1.82) is 0 Å². The molecule has 0 aliphatic heterocycles. The van der Waals surface area contributed by atoms with Gasteiger partial charge >= 0.3 is 11.9 Å². The van der Waals surface area contributed by atoms with E-state index in [2.05, 4.69) is 22.1 Å². The Morgan fingerprint density at radius 1 is 1.06 bits per heavy atom. The average molecular weight is 497 g/mol. The van der Waals surface area contributed by atoms with E-state index in [0.29, 0.717) is 23.3 Å². The van der Waals surface area contributed by atoms with Crippen LogP contribution >= 0.6 is 11.8 Å². The van der Waals surface area contributed by atoms with Gasteiger partial charge in [-0.2, -0.15) is 0 Å². The van der Waals surface area contributed by atoms with E-state index in [1.807, 2.05) is 28.8 Å². The van der Waals surface area contributed by atoms with Crippen LogP contribution in [0, 0.1) is 0 Å². The molecule has 11 heteroatoms. The van der Waals surface area contributed by atoms with Crippen molar-refractivity contribution in [3.8, 4) is 17.1 Å².